The largest absolute Gasteiger partial charge is 0.253 e. The third-order valence-corrected chi connectivity index (χ3v) is 1.71. The molecule has 0 aromatic carbocycles. The van der Waals surface area contributed by atoms with Crippen LogP contribution in [-0.2, 0) is 6.42 Å². The number of aromatic nitrogens is 1. The van der Waals surface area contributed by atoms with E-state index in [2.05, 4.69) is 18.1 Å². The lowest BCUT2D eigenvalue weighted by atomic mass is 10.1. The zero-order valence-corrected chi connectivity index (χ0v) is 7.36. The number of pyridine rings is 1. The summed E-state index contributed by atoms with van der Waals surface area (Å²) in [4.78, 5) is 3.88. The van der Waals surface area contributed by atoms with Crippen molar-refractivity contribution in [3.63, 3.8) is 0 Å². The summed E-state index contributed by atoms with van der Waals surface area (Å²) < 4.78 is 0. The summed E-state index contributed by atoms with van der Waals surface area (Å²) in [5.41, 5.74) is 1.11. The maximum Gasteiger partial charge on any atom is 0.0922 e. The summed E-state index contributed by atoms with van der Waals surface area (Å²) >= 11 is 5.74. The van der Waals surface area contributed by atoms with Crippen molar-refractivity contribution in [2.24, 2.45) is 0 Å². The van der Waals surface area contributed by atoms with Gasteiger partial charge in [0, 0.05) is 6.20 Å². The first-order valence-electron chi connectivity index (χ1n) is 3.85. The highest BCUT2D eigenvalue weighted by Gasteiger charge is 1.93. The Morgan fingerprint density at radius 1 is 1.64 bits per heavy atom. The van der Waals surface area contributed by atoms with E-state index in [0.29, 0.717) is 5.02 Å². The molecule has 1 aromatic heterocycles. The first kappa shape index (κ1) is 8.54. The van der Waals surface area contributed by atoms with Gasteiger partial charge in [0.15, 0.2) is 0 Å². The van der Waals surface area contributed by atoms with Crippen LogP contribution >= 0.6 is 11.6 Å². The molecule has 0 aliphatic heterocycles. The molecule has 0 amide bonds. The molecule has 0 fully saturated rings. The van der Waals surface area contributed by atoms with Gasteiger partial charge in [-0.05, 0) is 24.5 Å². The second-order valence-corrected chi connectivity index (χ2v) is 2.96. The lowest BCUT2D eigenvalue weighted by Gasteiger charge is -1.97. The molecule has 1 heterocycles. The van der Waals surface area contributed by atoms with E-state index in [1.807, 2.05) is 6.07 Å². The molecular weight excluding hydrogens is 158 g/mol. The van der Waals surface area contributed by atoms with Crippen LogP contribution in [0.5, 0.6) is 0 Å². The number of unbranched alkanes of at least 4 members (excludes halogenated alkanes) is 1. The van der Waals surface area contributed by atoms with Crippen LogP contribution in [0, 0.1) is 6.20 Å². The van der Waals surface area contributed by atoms with E-state index in [1.165, 1.54) is 12.8 Å². The number of hydrogen-bond acceptors (Lipinski definition) is 1. The minimum atomic E-state index is 0.704. The summed E-state index contributed by atoms with van der Waals surface area (Å²) in [7, 11) is 0. The van der Waals surface area contributed by atoms with Crippen molar-refractivity contribution in [3.8, 4) is 0 Å². The Morgan fingerprint density at radius 3 is 3.09 bits per heavy atom. The van der Waals surface area contributed by atoms with E-state index in [0.717, 1.165) is 12.0 Å². The Bertz CT molecular complexity index is 223. The predicted molar refractivity (Wildman–Crippen MR) is 46.7 cm³/mol. The van der Waals surface area contributed by atoms with Gasteiger partial charge in [-0.2, -0.15) is 0 Å². The molecule has 1 aromatic rings. The molecule has 0 saturated carbocycles. The number of rotatable bonds is 3. The number of nitrogens with zero attached hydrogens (tertiary/aromatic N) is 1. The normalized spacial score (nSPS) is 10.0. The van der Waals surface area contributed by atoms with Gasteiger partial charge < -0.3 is 0 Å². The highest BCUT2D eigenvalue weighted by atomic mass is 35.5. The first-order valence-corrected chi connectivity index (χ1v) is 4.23. The third kappa shape index (κ3) is 2.89. The van der Waals surface area contributed by atoms with Crippen molar-refractivity contribution in [3.05, 3.63) is 29.0 Å². The average Bonchev–Trinajstić information content (AvgIpc) is 2.01. The van der Waals surface area contributed by atoms with Gasteiger partial charge in [0.05, 0.1) is 11.2 Å². The SMILES string of the molecule is CCCCc1[c]ncc(Cl)c1. The number of hydrogen-bond donors (Lipinski definition) is 0. The fourth-order valence-electron chi connectivity index (χ4n) is 0.908. The topological polar surface area (TPSA) is 12.9 Å². The van der Waals surface area contributed by atoms with Gasteiger partial charge in [-0.15, -0.1) is 0 Å². The predicted octanol–water partition coefficient (Wildman–Crippen LogP) is 2.88. The summed E-state index contributed by atoms with van der Waals surface area (Å²) in [6.07, 6.45) is 7.92. The second-order valence-electron chi connectivity index (χ2n) is 2.53. The minimum absolute atomic E-state index is 0.704. The molecule has 1 nitrogen and oxygen atoms in total. The molecule has 0 atom stereocenters. The van der Waals surface area contributed by atoms with E-state index in [-0.39, 0.29) is 0 Å². The van der Waals surface area contributed by atoms with Gasteiger partial charge in [-0.25, -0.2) is 0 Å². The van der Waals surface area contributed by atoms with E-state index < -0.39 is 0 Å². The Balaban J connectivity index is 2.56. The molecule has 59 valence electrons. The molecule has 0 N–H and O–H groups in total. The number of halogens is 1. The molecule has 1 rings (SSSR count). The van der Waals surface area contributed by atoms with Crippen molar-refractivity contribution in [2.75, 3.05) is 0 Å². The third-order valence-electron chi connectivity index (χ3n) is 1.51. The van der Waals surface area contributed by atoms with Crippen LogP contribution in [0.2, 0.25) is 5.02 Å². The fraction of sp³-hybridized carbons (Fsp3) is 0.444. The van der Waals surface area contributed by atoms with E-state index in [9.17, 15) is 0 Å². The zero-order chi connectivity index (χ0) is 8.10. The highest BCUT2D eigenvalue weighted by Crippen LogP contribution is 2.09. The maximum atomic E-state index is 5.74. The van der Waals surface area contributed by atoms with Crippen LogP contribution < -0.4 is 0 Å². The van der Waals surface area contributed by atoms with Crippen LogP contribution in [0.15, 0.2) is 12.3 Å². The zero-order valence-electron chi connectivity index (χ0n) is 6.60. The molecule has 0 bridgehead atoms. The molecule has 0 aliphatic carbocycles. The molecule has 0 spiro atoms. The maximum absolute atomic E-state index is 5.74. The van der Waals surface area contributed by atoms with Gasteiger partial charge in [-0.3, -0.25) is 4.98 Å². The molecule has 0 saturated heterocycles. The molecule has 0 aliphatic rings. The van der Waals surface area contributed by atoms with Crippen molar-refractivity contribution < 1.29 is 0 Å². The summed E-state index contributed by atoms with van der Waals surface area (Å²) in [6, 6.07) is 1.92. The lowest BCUT2D eigenvalue weighted by molar-refractivity contribution is 0.791. The van der Waals surface area contributed by atoms with E-state index in [4.69, 9.17) is 11.6 Å². The second kappa shape index (κ2) is 4.35. The molecule has 2 heteroatoms. The first-order chi connectivity index (χ1) is 5.33. The van der Waals surface area contributed by atoms with Crippen LogP contribution in [0.3, 0.4) is 0 Å². The molecule has 11 heavy (non-hydrogen) atoms. The summed E-state index contributed by atoms with van der Waals surface area (Å²) in [6.45, 7) is 2.16. The fourth-order valence-corrected chi connectivity index (χ4v) is 1.09. The van der Waals surface area contributed by atoms with Crippen LogP contribution in [0.25, 0.3) is 0 Å². The Labute approximate surface area is 72.4 Å². The highest BCUT2D eigenvalue weighted by molar-refractivity contribution is 6.30. The van der Waals surface area contributed by atoms with Gasteiger partial charge in [0.1, 0.15) is 0 Å². The van der Waals surface area contributed by atoms with E-state index in [1.54, 1.807) is 6.20 Å². The van der Waals surface area contributed by atoms with E-state index >= 15 is 0 Å². The summed E-state index contributed by atoms with van der Waals surface area (Å²) in [5.74, 6) is 0. The molecule has 1 radical (unpaired) electrons. The van der Waals surface area contributed by atoms with Gasteiger partial charge in [0.25, 0.3) is 0 Å². The van der Waals surface area contributed by atoms with Crippen molar-refractivity contribution in [1.82, 2.24) is 4.98 Å². The Hall–Kier alpha value is -0.560. The lowest BCUT2D eigenvalue weighted by Crippen LogP contribution is -1.86. The monoisotopic (exact) mass is 168 g/mol. The number of aryl methyl sites for hydroxylation is 1. The molecule has 0 unspecified atom stereocenters. The average molecular weight is 169 g/mol. The van der Waals surface area contributed by atoms with Gasteiger partial charge in [0.2, 0.25) is 0 Å². The minimum Gasteiger partial charge on any atom is -0.253 e. The van der Waals surface area contributed by atoms with Crippen molar-refractivity contribution in [2.45, 2.75) is 26.2 Å². The van der Waals surface area contributed by atoms with Crippen molar-refractivity contribution in [1.29, 1.82) is 0 Å². The van der Waals surface area contributed by atoms with Crippen LogP contribution in [0.4, 0.5) is 0 Å². The smallest absolute Gasteiger partial charge is 0.0922 e. The van der Waals surface area contributed by atoms with Crippen LogP contribution in [-0.4, -0.2) is 4.98 Å². The van der Waals surface area contributed by atoms with Gasteiger partial charge in [-0.1, -0.05) is 24.9 Å². The standard InChI is InChI=1S/C9H11ClN/c1-2-3-4-8-5-9(10)7-11-6-8/h5,7H,2-4H2,1H3. The molecular formula is C9H11ClN. The van der Waals surface area contributed by atoms with Crippen LogP contribution in [0.1, 0.15) is 25.3 Å². The van der Waals surface area contributed by atoms with Crippen molar-refractivity contribution >= 4 is 11.6 Å². The Morgan fingerprint density at radius 2 is 2.45 bits per heavy atom. The van der Waals surface area contributed by atoms with Gasteiger partial charge >= 0.3 is 0 Å². The quantitative estimate of drug-likeness (QED) is 0.677. The Kier molecular flexibility index (Phi) is 3.37. The summed E-state index contributed by atoms with van der Waals surface area (Å²) in [5, 5.41) is 0.704.